The molecule has 80 valence electrons. The van der Waals surface area contributed by atoms with Crippen molar-refractivity contribution in [2.45, 2.75) is 19.4 Å². The van der Waals surface area contributed by atoms with E-state index in [1.165, 1.54) is 6.07 Å². The summed E-state index contributed by atoms with van der Waals surface area (Å²) in [6.07, 6.45) is 0. The van der Waals surface area contributed by atoms with Gasteiger partial charge in [0.1, 0.15) is 5.84 Å². The van der Waals surface area contributed by atoms with Gasteiger partial charge in [0.25, 0.3) is 0 Å². The topological polar surface area (TPSA) is 71.1 Å². The molecule has 0 bridgehead atoms. The van der Waals surface area contributed by atoms with Gasteiger partial charge >= 0.3 is 0 Å². The number of ether oxygens (including phenoxy) is 1. The van der Waals surface area contributed by atoms with Crippen LogP contribution in [0.25, 0.3) is 0 Å². The predicted molar refractivity (Wildman–Crippen MR) is 56.9 cm³/mol. The van der Waals surface area contributed by atoms with Crippen LogP contribution in [0.1, 0.15) is 13.8 Å². The van der Waals surface area contributed by atoms with E-state index >= 15 is 0 Å². The van der Waals surface area contributed by atoms with Crippen molar-refractivity contribution in [3.05, 3.63) is 17.9 Å². The summed E-state index contributed by atoms with van der Waals surface area (Å²) >= 11 is 0. The number of benzene rings is 1. The Kier molecular flexibility index (Phi) is 1.86. The van der Waals surface area contributed by atoms with E-state index in [0.29, 0.717) is 11.4 Å². The van der Waals surface area contributed by atoms with Gasteiger partial charge in [-0.25, -0.2) is 4.39 Å². The lowest BCUT2D eigenvalue weighted by Gasteiger charge is -2.34. The number of halogens is 1. The first-order valence-corrected chi connectivity index (χ1v) is 4.54. The van der Waals surface area contributed by atoms with Crippen molar-refractivity contribution in [3.63, 3.8) is 0 Å². The number of hydrogen-bond acceptors (Lipinski definition) is 3. The fraction of sp³-hybridized carbons (Fsp3) is 0.300. The number of anilines is 2. The van der Waals surface area contributed by atoms with Gasteiger partial charge < -0.3 is 15.8 Å². The fourth-order valence-electron chi connectivity index (χ4n) is 1.40. The molecule has 5 heteroatoms. The molecule has 1 aromatic rings. The highest BCUT2D eigenvalue weighted by Crippen LogP contribution is 2.37. The molecular weight excluding hydrogens is 197 g/mol. The second-order valence-corrected chi connectivity index (χ2v) is 3.99. The van der Waals surface area contributed by atoms with E-state index in [1.54, 1.807) is 19.9 Å². The highest BCUT2D eigenvalue weighted by Gasteiger charge is 2.33. The maximum absolute atomic E-state index is 13.5. The molecule has 0 unspecified atom stereocenters. The van der Waals surface area contributed by atoms with Crippen molar-refractivity contribution in [2.24, 2.45) is 0 Å². The van der Waals surface area contributed by atoms with Gasteiger partial charge in [-0.15, -0.1) is 0 Å². The molecule has 15 heavy (non-hydrogen) atoms. The molecular formula is C10H12FN3O. The number of fused-ring (bicyclic) bond motifs is 1. The molecule has 0 saturated heterocycles. The summed E-state index contributed by atoms with van der Waals surface area (Å²) in [5.41, 5.74) is 5.35. The van der Waals surface area contributed by atoms with E-state index in [-0.39, 0.29) is 11.6 Å². The van der Waals surface area contributed by atoms with Crippen LogP contribution in [0.15, 0.2) is 12.1 Å². The molecule has 0 saturated carbocycles. The van der Waals surface area contributed by atoms with E-state index in [0.717, 1.165) is 0 Å². The van der Waals surface area contributed by atoms with Gasteiger partial charge in [0.2, 0.25) is 0 Å². The summed E-state index contributed by atoms with van der Waals surface area (Å²) in [6, 6.07) is 2.74. The summed E-state index contributed by atoms with van der Waals surface area (Å²) in [6.45, 7) is 3.39. The van der Waals surface area contributed by atoms with Gasteiger partial charge in [-0.1, -0.05) is 0 Å². The van der Waals surface area contributed by atoms with Crippen LogP contribution in [0.3, 0.4) is 0 Å². The van der Waals surface area contributed by atoms with Crippen LogP contribution in [0.5, 0.6) is 5.75 Å². The molecule has 4 nitrogen and oxygen atoms in total. The van der Waals surface area contributed by atoms with Crippen LogP contribution in [-0.4, -0.2) is 11.4 Å². The third kappa shape index (κ3) is 1.49. The van der Waals surface area contributed by atoms with Crippen molar-refractivity contribution in [3.8, 4) is 5.75 Å². The molecule has 0 fully saturated rings. The SMILES string of the molecule is CC1(C)Oc2c(F)cc(N)cc2NC1=N. The molecule has 0 aliphatic carbocycles. The highest BCUT2D eigenvalue weighted by atomic mass is 19.1. The van der Waals surface area contributed by atoms with Crippen molar-refractivity contribution >= 4 is 17.2 Å². The lowest BCUT2D eigenvalue weighted by atomic mass is 10.1. The lowest BCUT2D eigenvalue weighted by Crippen LogP contribution is -2.45. The van der Waals surface area contributed by atoms with Crippen molar-refractivity contribution in [2.75, 3.05) is 11.1 Å². The quantitative estimate of drug-likeness (QED) is 0.572. The zero-order valence-corrected chi connectivity index (χ0v) is 8.52. The molecule has 0 atom stereocenters. The summed E-state index contributed by atoms with van der Waals surface area (Å²) in [5, 5.41) is 10.4. The summed E-state index contributed by atoms with van der Waals surface area (Å²) in [7, 11) is 0. The average Bonchev–Trinajstić information content (AvgIpc) is 2.09. The molecule has 0 aromatic heterocycles. The van der Waals surface area contributed by atoms with Crippen molar-refractivity contribution in [1.29, 1.82) is 5.41 Å². The van der Waals surface area contributed by atoms with Gasteiger partial charge in [0.05, 0.1) is 5.69 Å². The Morgan fingerprint density at radius 1 is 1.47 bits per heavy atom. The van der Waals surface area contributed by atoms with Gasteiger partial charge in [-0.05, 0) is 19.9 Å². The van der Waals surface area contributed by atoms with Gasteiger partial charge in [-0.2, -0.15) is 0 Å². The Labute approximate surface area is 86.7 Å². The van der Waals surface area contributed by atoms with Crippen molar-refractivity contribution in [1.82, 2.24) is 0 Å². The first-order chi connectivity index (χ1) is 6.90. The number of nitrogens with two attached hydrogens (primary N) is 1. The van der Waals surface area contributed by atoms with E-state index in [9.17, 15) is 4.39 Å². The Balaban J connectivity index is 2.55. The minimum absolute atomic E-state index is 0.116. The molecule has 1 heterocycles. The molecule has 0 radical (unpaired) electrons. The number of nitrogen functional groups attached to an aromatic ring is 1. The summed E-state index contributed by atoms with van der Waals surface area (Å²) in [5.74, 6) is -0.219. The molecule has 4 N–H and O–H groups in total. The third-order valence-electron chi connectivity index (χ3n) is 2.28. The second kappa shape index (κ2) is 2.85. The second-order valence-electron chi connectivity index (χ2n) is 3.99. The molecule has 0 spiro atoms. The van der Waals surface area contributed by atoms with Crippen LogP contribution in [-0.2, 0) is 0 Å². The molecule has 1 aliphatic heterocycles. The first kappa shape index (κ1) is 9.76. The summed E-state index contributed by atoms with van der Waals surface area (Å²) < 4.78 is 18.9. The molecule has 0 amide bonds. The maximum atomic E-state index is 13.5. The Bertz CT molecular complexity index is 443. The van der Waals surface area contributed by atoms with Crippen LogP contribution in [0, 0.1) is 11.2 Å². The standard InChI is InChI=1S/C10H12FN3O/c1-10(2)9(13)14-7-4-5(12)3-6(11)8(7)15-10/h3-4H,12H2,1-2H3,(H2,13,14). The van der Waals surface area contributed by atoms with Crippen LogP contribution < -0.4 is 15.8 Å². The number of rotatable bonds is 0. The van der Waals surface area contributed by atoms with Crippen LogP contribution in [0.4, 0.5) is 15.8 Å². The molecule has 1 aliphatic rings. The summed E-state index contributed by atoms with van der Waals surface area (Å²) in [4.78, 5) is 0. The smallest absolute Gasteiger partial charge is 0.180 e. The number of nitrogens with one attached hydrogen (secondary N) is 2. The minimum atomic E-state index is -0.843. The minimum Gasteiger partial charge on any atom is -0.475 e. The van der Waals surface area contributed by atoms with Gasteiger partial charge in [-0.3, -0.25) is 5.41 Å². The monoisotopic (exact) mass is 209 g/mol. The van der Waals surface area contributed by atoms with Gasteiger partial charge in [0.15, 0.2) is 17.2 Å². The Morgan fingerprint density at radius 3 is 2.80 bits per heavy atom. The van der Waals surface area contributed by atoms with Crippen LogP contribution in [0.2, 0.25) is 0 Å². The average molecular weight is 209 g/mol. The van der Waals surface area contributed by atoms with Crippen LogP contribution >= 0.6 is 0 Å². The predicted octanol–water partition coefficient (Wildman–Crippen LogP) is 1.97. The van der Waals surface area contributed by atoms with Crippen molar-refractivity contribution < 1.29 is 9.13 Å². The Morgan fingerprint density at radius 2 is 2.13 bits per heavy atom. The van der Waals surface area contributed by atoms with Gasteiger partial charge in [0, 0.05) is 11.8 Å². The van der Waals surface area contributed by atoms with E-state index < -0.39 is 11.4 Å². The normalized spacial score (nSPS) is 17.7. The number of hydrogen-bond donors (Lipinski definition) is 3. The fourth-order valence-corrected chi connectivity index (χ4v) is 1.40. The lowest BCUT2D eigenvalue weighted by molar-refractivity contribution is 0.169. The Hall–Kier alpha value is -1.78. The van der Waals surface area contributed by atoms with E-state index in [4.69, 9.17) is 15.9 Å². The zero-order chi connectivity index (χ0) is 11.2. The highest BCUT2D eigenvalue weighted by molar-refractivity contribution is 6.02. The molecule has 1 aromatic carbocycles. The first-order valence-electron chi connectivity index (χ1n) is 4.54. The third-order valence-corrected chi connectivity index (χ3v) is 2.28. The number of amidine groups is 1. The zero-order valence-electron chi connectivity index (χ0n) is 8.52. The largest absolute Gasteiger partial charge is 0.475 e. The van der Waals surface area contributed by atoms with E-state index in [1.807, 2.05) is 0 Å². The molecule has 2 rings (SSSR count). The maximum Gasteiger partial charge on any atom is 0.180 e. The van der Waals surface area contributed by atoms with E-state index in [2.05, 4.69) is 5.32 Å².